The van der Waals surface area contributed by atoms with E-state index in [1.165, 1.54) is 12.3 Å². The molecule has 2 aromatic heterocycles. The number of anilines is 2. The predicted octanol–water partition coefficient (Wildman–Crippen LogP) is 3.95. The average Bonchev–Trinajstić information content (AvgIpc) is 3.37. The van der Waals surface area contributed by atoms with Crippen LogP contribution in [-0.2, 0) is 7.05 Å². The minimum absolute atomic E-state index is 0. The molecule has 4 aromatic rings. The van der Waals surface area contributed by atoms with Crippen LogP contribution in [0.4, 0.5) is 11.4 Å². The Kier molecular flexibility index (Phi) is 7.28. The zero-order valence-corrected chi connectivity index (χ0v) is 21.9. The normalized spacial score (nSPS) is 15.2. The number of nitrogens with zero attached hydrogens (tertiary/aromatic N) is 5. The Bertz CT molecular complexity index is 1510. The second-order valence-corrected chi connectivity index (χ2v) is 9.34. The number of amides is 1. The van der Waals surface area contributed by atoms with E-state index in [0.717, 1.165) is 40.2 Å². The molecule has 0 saturated carbocycles. The standard InChI is InChI=1S/C24H23Cl2N7O2.ClH/c1-13-29-20-19(31(13)2)7-6-18(22(20)32-11-9-14(27)12-32)30-23(34)15-8-10-28-33(24(15)35)21-16(25)4-3-5-17(21)26;/h3-8,10,14H,9,11-12,27H2,1-2H3,(H,30,34);1H/t14-;/m0./s1. The largest absolute Gasteiger partial charge is 0.366 e. The molecule has 1 atom stereocenters. The van der Waals surface area contributed by atoms with Gasteiger partial charge in [0.05, 0.1) is 26.9 Å². The summed E-state index contributed by atoms with van der Waals surface area (Å²) >= 11 is 12.5. The molecule has 3 N–H and O–H groups in total. The summed E-state index contributed by atoms with van der Waals surface area (Å²) < 4.78 is 3.03. The van der Waals surface area contributed by atoms with Crippen molar-refractivity contribution in [3.63, 3.8) is 0 Å². The van der Waals surface area contributed by atoms with Crippen LogP contribution in [0.25, 0.3) is 16.7 Å². The van der Waals surface area contributed by atoms with E-state index in [0.29, 0.717) is 12.2 Å². The molecule has 1 saturated heterocycles. The molecule has 0 aliphatic carbocycles. The molecular weight excluding hydrogens is 525 g/mol. The first-order valence-electron chi connectivity index (χ1n) is 11.1. The third-order valence-corrected chi connectivity index (χ3v) is 6.89. The van der Waals surface area contributed by atoms with Gasteiger partial charge in [-0.25, -0.2) is 4.98 Å². The van der Waals surface area contributed by atoms with Crippen molar-refractivity contribution < 1.29 is 4.79 Å². The Morgan fingerprint density at radius 2 is 1.86 bits per heavy atom. The van der Waals surface area contributed by atoms with E-state index in [1.807, 2.05) is 30.7 Å². The van der Waals surface area contributed by atoms with Crippen molar-refractivity contribution >= 4 is 63.9 Å². The molecule has 0 unspecified atom stereocenters. The van der Waals surface area contributed by atoms with E-state index in [1.54, 1.807) is 18.2 Å². The van der Waals surface area contributed by atoms with Crippen LogP contribution in [0.3, 0.4) is 0 Å². The lowest BCUT2D eigenvalue weighted by atomic mass is 10.2. The summed E-state index contributed by atoms with van der Waals surface area (Å²) in [6.07, 6.45) is 2.20. The molecule has 1 aliphatic rings. The van der Waals surface area contributed by atoms with Crippen LogP contribution in [0.15, 0.2) is 47.4 Å². The number of halogens is 3. The van der Waals surface area contributed by atoms with Crippen molar-refractivity contribution in [3.8, 4) is 5.69 Å². The third kappa shape index (κ3) is 4.43. The van der Waals surface area contributed by atoms with Crippen LogP contribution in [0, 0.1) is 6.92 Å². The maximum absolute atomic E-state index is 13.3. The first kappa shape index (κ1) is 26.0. The highest BCUT2D eigenvalue weighted by atomic mass is 35.5. The van der Waals surface area contributed by atoms with Crippen molar-refractivity contribution in [1.82, 2.24) is 19.3 Å². The highest BCUT2D eigenvalue weighted by Gasteiger charge is 2.27. The summed E-state index contributed by atoms with van der Waals surface area (Å²) in [5.41, 5.74) is 8.70. The van der Waals surface area contributed by atoms with E-state index < -0.39 is 11.5 Å². The Morgan fingerprint density at radius 3 is 2.53 bits per heavy atom. The molecule has 9 nitrogen and oxygen atoms in total. The van der Waals surface area contributed by atoms with Gasteiger partial charge in [-0.05, 0) is 43.7 Å². The number of aromatic nitrogens is 4. The summed E-state index contributed by atoms with van der Waals surface area (Å²) in [7, 11) is 1.95. The van der Waals surface area contributed by atoms with Crippen LogP contribution in [-0.4, -0.2) is 44.4 Å². The number of aryl methyl sites for hydroxylation is 2. The van der Waals surface area contributed by atoms with Gasteiger partial charge in [0, 0.05) is 32.4 Å². The zero-order valence-electron chi connectivity index (χ0n) is 19.5. The zero-order chi connectivity index (χ0) is 24.9. The molecule has 0 bridgehead atoms. The van der Waals surface area contributed by atoms with Gasteiger partial charge in [0.2, 0.25) is 0 Å². The maximum Gasteiger partial charge on any atom is 0.284 e. The molecule has 36 heavy (non-hydrogen) atoms. The number of benzene rings is 2. The Labute approximate surface area is 223 Å². The van der Waals surface area contributed by atoms with Gasteiger partial charge in [-0.15, -0.1) is 12.4 Å². The molecule has 1 aliphatic heterocycles. The van der Waals surface area contributed by atoms with E-state index in [4.69, 9.17) is 33.9 Å². The number of rotatable bonds is 4. The second kappa shape index (κ2) is 10.1. The quantitative estimate of drug-likeness (QED) is 0.400. The van der Waals surface area contributed by atoms with Gasteiger partial charge in [-0.3, -0.25) is 9.59 Å². The number of para-hydroxylation sites is 1. The number of nitrogens with two attached hydrogens (primary N) is 1. The number of carbonyl (C=O) groups is 1. The van der Waals surface area contributed by atoms with Gasteiger partial charge in [-0.2, -0.15) is 9.78 Å². The van der Waals surface area contributed by atoms with Gasteiger partial charge < -0.3 is 20.5 Å². The number of fused-ring (bicyclic) bond motifs is 1. The lowest BCUT2D eigenvalue weighted by Crippen LogP contribution is -2.31. The van der Waals surface area contributed by atoms with E-state index >= 15 is 0 Å². The molecule has 5 rings (SSSR count). The van der Waals surface area contributed by atoms with Crippen molar-refractivity contribution in [2.24, 2.45) is 12.8 Å². The van der Waals surface area contributed by atoms with Crippen molar-refractivity contribution in [3.05, 3.63) is 74.4 Å². The molecule has 1 amide bonds. The molecule has 0 radical (unpaired) electrons. The predicted molar refractivity (Wildman–Crippen MR) is 145 cm³/mol. The Hall–Kier alpha value is -3.11. The van der Waals surface area contributed by atoms with Gasteiger partial charge in [-0.1, -0.05) is 29.3 Å². The molecule has 12 heteroatoms. The van der Waals surface area contributed by atoms with E-state index in [-0.39, 0.29) is 39.7 Å². The highest BCUT2D eigenvalue weighted by molar-refractivity contribution is 6.37. The monoisotopic (exact) mass is 547 g/mol. The topological polar surface area (TPSA) is 111 Å². The third-order valence-electron chi connectivity index (χ3n) is 6.28. The summed E-state index contributed by atoms with van der Waals surface area (Å²) in [6, 6.07) is 9.99. The molecule has 3 heterocycles. The molecule has 188 valence electrons. The lowest BCUT2D eigenvalue weighted by Gasteiger charge is -2.22. The minimum atomic E-state index is -0.639. The maximum atomic E-state index is 13.3. The van der Waals surface area contributed by atoms with Crippen LogP contribution in [0.5, 0.6) is 0 Å². The molecule has 0 spiro atoms. The summed E-state index contributed by atoms with van der Waals surface area (Å²) in [4.78, 5) is 33.4. The number of imidazole rings is 1. The molecular formula is C24H24Cl3N7O2. The number of hydrogen-bond donors (Lipinski definition) is 2. The number of nitrogens with one attached hydrogen (secondary N) is 1. The fourth-order valence-electron chi connectivity index (χ4n) is 4.40. The van der Waals surface area contributed by atoms with Gasteiger partial charge >= 0.3 is 0 Å². The Morgan fingerprint density at radius 1 is 1.14 bits per heavy atom. The minimum Gasteiger partial charge on any atom is -0.366 e. The average molecular weight is 549 g/mol. The van der Waals surface area contributed by atoms with Crippen LogP contribution in [0.1, 0.15) is 22.6 Å². The van der Waals surface area contributed by atoms with Gasteiger partial charge in [0.1, 0.15) is 22.6 Å². The smallest absolute Gasteiger partial charge is 0.284 e. The van der Waals surface area contributed by atoms with Crippen molar-refractivity contribution in [1.29, 1.82) is 0 Å². The van der Waals surface area contributed by atoms with E-state index in [9.17, 15) is 9.59 Å². The van der Waals surface area contributed by atoms with Crippen molar-refractivity contribution in [2.75, 3.05) is 23.3 Å². The van der Waals surface area contributed by atoms with Crippen LogP contribution < -0.4 is 21.5 Å². The number of hydrogen-bond acceptors (Lipinski definition) is 6. The fourth-order valence-corrected chi connectivity index (χ4v) is 4.96. The highest BCUT2D eigenvalue weighted by Crippen LogP contribution is 2.36. The molecule has 1 fully saturated rings. The van der Waals surface area contributed by atoms with Crippen LogP contribution in [0.2, 0.25) is 10.0 Å². The van der Waals surface area contributed by atoms with Gasteiger partial charge in [0.15, 0.2) is 0 Å². The van der Waals surface area contributed by atoms with E-state index in [2.05, 4.69) is 15.3 Å². The summed E-state index contributed by atoms with van der Waals surface area (Å²) in [6.45, 7) is 3.31. The Balaban J connectivity index is 0.00000304. The fraction of sp³-hybridized carbons (Fsp3) is 0.250. The summed E-state index contributed by atoms with van der Waals surface area (Å²) in [5, 5.41) is 7.48. The lowest BCUT2D eigenvalue weighted by molar-refractivity contribution is 0.102. The first-order valence-corrected chi connectivity index (χ1v) is 11.8. The number of carbonyl (C=O) groups excluding carboxylic acids is 1. The summed E-state index contributed by atoms with van der Waals surface area (Å²) in [5.74, 6) is 0.271. The first-order chi connectivity index (χ1) is 16.8. The molecule has 2 aromatic carbocycles. The van der Waals surface area contributed by atoms with Crippen LogP contribution >= 0.6 is 35.6 Å². The SMILES string of the molecule is Cc1nc2c(N3CC[C@H](N)C3)c(NC(=O)c3ccnn(-c4c(Cl)cccc4Cl)c3=O)ccc2n1C.Cl. The van der Waals surface area contributed by atoms with Crippen molar-refractivity contribution in [2.45, 2.75) is 19.4 Å². The van der Waals surface area contributed by atoms with Gasteiger partial charge in [0.25, 0.3) is 11.5 Å². The second-order valence-electron chi connectivity index (χ2n) is 8.53.